The van der Waals surface area contributed by atoms with Crippen LogP contribution in [0, 0.1) is 0 Å². The summed E-state index contributed by atoms with van der Waals surface area (Å²) in [5.41, 5.74) is 5.87. The lowest BCUT2D eigenvalue weighted by atomic mass is 10.1. The van der Waals surface area contributed by atoms with E-state index in [0.29, 0.717) is 11.4 Å². The number of hydrogen-bond donors (Lipinski definition) is 2. The lowest BCUT2D eigenvalue weighted by Gasteiger charge is -2.16. The third-order valence-corrected chi connectivity index (χ3v) is 3.24. The molecule has 0 saturated carbocycles. The summed E-state index contributed by atoms with van der Waals surface area (Å²) < 4.78 is 6.99. The molecular weight excluding hydrogens is 310 g/mol. The molecule has 0 atom stereocenters. The molecule has 0 radical (unpaired) electrons. The standard InChI is InChI=1S/C17H19N3O4/c1-10(2)24-14-8-11(16(18)22)4-5-13(14)19-17(23)12-6-7-20(3)15(21)9-12/h4-10H,1-3H3,(H2,18,22)(H,19,23). The van der Waals surface area contributed by atoms with Gasteiger partial charge in [-0.3, -0.25) is 14.4 Å². The predicted octanol–water partition coefficient (Wildman–Crippen LogP) is 1.52. The van der Waals surface area contributed by atoms with Crippen LogP contribution >= 0.6 is 0 Å². The highest BCUT2D eigenvalue weighted by atomic mass is 16.5. The Bertz CT molecular complexity index is 840. The molecule has 7 nitrogen and oxygen atoms in total. The van der Waals surface area contributed by atoms with Crippen molar-refractivity contribution >= 4 is 17.5 Å². The molecule has 2 amide bonds. The number of nitrogens with one attached hydrogen (secondary N) is 1. The van der Waals surface area contributed by atoms with E-state index in [1.165, 1.54) is 41.1 Å². The molecule has 1 heterocycles. The van der Waals surface area contributed by atoms with Gasteiger partial charge in [-0.2, -0.15) is 0 Å². The van der Waals surface area contributed by atoms with Crippen LogP contribution in [0.5, 0.6) is 5.75 Å². The number of primary amides is 1. The molecule has 24 heavy (non-hydrogen) atoms. The number of pyridine rings is 1. The van der Waals surface area contributed by atoms with E-state index >= 15 is 0 Å². The summed E-state index contributed by atoms with van der Waals surface area (Å²) in [6, 6.07) is 7.29. The lowest BCUT2D eigenvalue weighted by molar-refractivity contribution is 0.0998. The molecule has 1 aromatic heterocycles. The molecule has 2 rings (SSSR count). The quantitative estimate of drug-likeness (QED) is 0.868. The number of aryl methyl sites for hydroxylation is 1. The number of amides is 2. The third-order valence-electron chi connectivity index (χ3n) is 3.24. The molecule has 0 aliphatic heterocycles. The second-order valence-corrected chi connectivity index (χ2v) is 5.56. The van der Waals surface area contributed by atoms with Gasteiger partial charge in [0, 0.05) is 30.4 Å². The number of nitrogens with zero attached hydrogens (tertiary/aromatic N) is 1. The van der Waals surface area contributed by atoms with E-state index in [-0.39, 0.29) is 22.8 Å². The van der Waals surface area contributed by atoms with Gasteiger partial charge in [-0.25, -0.2) is 0 Å². The number of carbonyl (C=O) groups excluding carboxylic acids is 2. The van der Waals surface area contributed by atoms with Crippen molar-refractivity contribution in [2.45, 2.75) is 20.0 Å². The van der Waals surface area contributed by atoms with E-state index in [9.17, 15) is 14.4 Å². The molecule has 0 fully saturated rings. The number of aromatic nitrogens is 1. The summed E-state index contributed by atoms with van der Waals surface area (Å²) in [6.07, 6.45) is 1.35. The number of nitrogens with two attached hydrogens (primary N) is 1. The number of carbonyl (C=O) groups is 2. The maximum absolute atomic E-state index is 12.3. The lowest BCUT2D eigenvalue weighted by Crippen LogP contribution is -2.20. The molecule has 0 aliphatic rings. The first-order valence-corrected chi connectivity index (χ1v) is 7.36. The molecule has 0 saturated heterocycles. The predicted molar refractivity (Wildman–Crippen MR) is 90.4 cm³/mol. The van der Waals surface area contributed by atoms with E-state index in [4.69, 9.17) is 10.5 Å². The summed E-state index contributed by atoms with van der Waals surface area (Å²) >= 11 is 0. The van der Waals surface area contributed by atoms with Crippen molar-refractivity contribution in [3.05, 3.63) is 58.0 Å². The second kappa shape index (κ2) is 6.99. The monoisotopic (exact) mass is 329 g/mol. The average molecular weight is 329 g/mol. The number of hydrogen-bond acceptors (Lipinski definition) is 4. The number of rotatable bonds is 5. The Kier molecular flexibility index (Phi) is 5.03. The number of benzene rings is 1. The topological polar surface area (TPSA) is 103 Å². The second-order valence-electron chi connectivity index (χ2n) is 5.56. The van der Waals surface area contributed by atoms with E-state index in [0.717, 1.165) is 0 Å². The summed E-state index contributed by atoms with van der Waals surface area (Å²) in [4.78, 5) is 35.3. The summed E-state index contributed by atoms with van der Waals surface area (Å²) in [6.45, 7) is 3.65. The van der Waals surface area contributed by atoms with E-state index in [1.54, 1.807) is 7.05 Å². The molecule has 0 unspecified atom stereocenters. The first kappa shape index (κ1) is 17.3. The van der Waals surface area contributed by atoms with E-state index in [1.807, 2.05) is 13.8 Å². The molecular formula is C17H19N3O4. The molecule has 0 aliphatic carbocycles. The third kappa shape index (κ3) is 4.01. The van der Waals surface area contributed by atoms with Gasteiger partial charge in [-0.15, -0.1) is 0 Å². The van der Waals surface area contributed by atoms with Crippen LogP contribution < -0.4 is 21.3 Å². The Labute approximate surface area is 139 Å². The highest BCUT2D eigenvalue weighted by Gasteiger charge is 2.14. The number of ether oxygens (including phenoxy) is 1. The van der Waals surface area contributed by atoms with E-state index < -0.39 is 11.8 Å². The maximum atomic E-state index is 12.3. The van der Waals surface area contributed by atoms with Gasteiger partial charge in [-0.1, -0.05) is 0 Å². The van der Waals surface area contributed by atoms with Gasteiger partial charge < -0.3 is 20.4 Å². The fourth-order valence-electron chi connectivity index (χ4n) is 2.01. The maximum Gasteiger partial charge on any atom is 0.256 e. The van der Waals surface area contributed by atoms with Gasteiger partial charge in [0.15, 0.2) is 0 Å². The Morgan fingerprint density at radius 2 is 1.88 bits per heavy atom. The van der Waals surface area contributed by atoms with Crippen LogP contribution in [-0.2, 0) is 7.05 Å². The minimum Gasteiger partial charge on any atom is -0.489 e. The molecule has 0 bridgehead atoms. The summed E-state index contributed by atoms with van der Waals surface area (Å²) in [5.74, 6) is -0.709. The molecule has 7 heteroatoms. The highest BCUT2D eigenvalue weighted by Crippen LogP contribution is 2.27. The first-order valence-electron chi connectivity index (χ1n) is 7.36. The van der Waals surface area contributed by atoms with Gasteiger partial charge in [0.25, 0.3) is 11.5 Å². The minimum atomic E-state index is -0.590. The fraction of sp³-hybridized carbons (Fsp3) is 0.235. The molecule has 1 aromatic carbocycles. The van der Waals surface area contributed by atoms with Gasteiger partial charge in [-0.05, 0) is 38.1 Å². The first-order chi connectivity index (χ1) is 11.3. The van der Waals surface area contributed by atoms with Crippen LogP contribution in [0.25, 0.3) is 0 Å². The average Bonchev–Trinajstić information content (AvgIpc) is 2.50. The highest BCUT2D eigenvalue weighted by molar-refractivity contribution is 6.05. The largest absolute Gasteiger partial charge is 0.489 e. The van der Waals surface area contributed by atoms with Gasteiger partial charge in [0.05, 0.1) is 11.8 Å². The molecule has 0 spiro atoms. The Balaban J connectivity index is 2.33. The van der Waals surface area contributed by atoms with Crippen LogP contribution in [0.2, 0.25) is 0 Å². The van der Waals surface area contributed by atoms with Gasteiger partial charge >= 0.3 is 0 Å². The summed E-state index contributed by atoms with van der Waals surface area (Å²) in [7, 11) is 1.60. The van der Waals surface area contributed by atoms with Crippen LogP contribution in [0.1, 0.15) is 34.6 Å². The fourth-order valence-corrected chi connectivity index (χ4v) is 2.01. The normalized spacial score (nSPS) is 10.5. The van der Waals surface area contributed by atoms with Crippen molar-refractivity contribution in [3.8, 4) is 5.75 Å². The van der Waals surface area contributed by atoms with Gasteiger partial charge in [0.1, 0.15) is 5.75 Å². The van der Waals surface area contributed by atoms with Crippen LogP contribution in [0.3, 0.4) is 0 Å². The van der Waals surface area contributed by atoms with Crippen molar-refractivity contribution < 1.29 is 14.3 Å². The van der Waals surface area contributed by atoms with Crippen molar-refractivity contribution in [2.75, 3.05) is 5.32 Å². The molecule has 2 aromatic rings. The van der Waals surface area contributed by atoms with Crippen molar-refractivity contribution in [1.29, 1.82) is 0 Å². The molecule has 126 valence electrons. The zero-order chi connectivity index (χ0) is 17.9. The Hall–Kier alpha value is -3.09. The van der Waals surface area contributed by atoms with E-state index in [2.05, 4.69) is 5.32 Å². The zero-order valence-electron chi connectivity index (χ0n) is 13.7. The Morgan fingerprint density at radius 1 is 1.17 bits per heavy atom. The van der Waals surface area contributed by atoms with Gasteiger partial charge in [0.2, 0.25) is 5.91 Å². The zero-order valence-corrected chi connectivity index (χ0v) is 13.7. The minimum absolute atomic E-state index is 0.159. The van der Waals surface area contributed by atoms with Crippen molar-refractivity contribution in [2.24, 2.45) is 12.8 Å². The van der Waals surface area contributed by atoms with Crippen LogP contribution in [0.4, 0.5) is 5.69 Å². The van der Waals surface area contributed by atoms with Crippen LogP contribution in [0.15, 0.2) is 41.3 Å². The van der Waals surface area contributed by atoms with Crippen LogP contribution in [-0.4, -0.2) is 22.5 Å². The smallest absolute Gasteiger partial charge is 0.256 e. The molecule has 3 N–H and O–H groups in total. The number of anilines is 1. The van der Waals surface area contributed by atoms with Crippen molar-refractivity contribution in [1.82, 2.24) is 4.57 Å². The summed E-state index contributed by atoms with van der Waals surface area (Å²) in [5, 5.41) is 2.68. The Morgan fingerprint density at radius 3 is 2.46 bits per heavy atom. The van der Waals surface area contributed by atoms with Crippen molar-refractivity contribution in [3.63, 3.8) is 0 Å². The SMILES string of the molecule is CC(C)Oc1cc(C(N)=O)ccc1NC(=O)c1ccn(C)c(=O)c1.